The highest BCUT2D eigenvalue weighted by molar-refractivity contribution is 5.20. The molecule has 0 aromatic rings. The minimum Gasteiger partial charge on any atom is -0.374 e. The summed E-state index contributed by atoms with van der Waals surface area (Å²) in [6.07, 6.45) is 4.57. The van der Waals surface area contributed by atoms with Crippen molar-refractivity contribution in [2.45, 2.75) is 25.0 Å². The van der Waals surface area contributed by atoms with Crippen LogP contribution >= 0.6 is 0 Å². The van der Waals surface area contributed by atoms with Crippen molar-refractivity contribution in [2.75, 3.05) is 0 Å². The van der Waals surface area contributed by atoms with Crippen LogP contribution < -0.4 is 0 Å². The highest BCUT2D eigenvalue weighted by Crippen LogP contribution is 2.71. The van der Waals surface area contributed by atoms with Crippen molar-refractivity contribution in [3.8, 4) is 0 Å². The molecule has 0 N–H and O–H groups in total. The second-order valence-corrected chi connectivity index (χ2v) is 4.20. The van der Waals surface area contributed by atoms with E-state index in [1.165, 1.54) is 12.8 Å². The van der Waals surface area contributed by atoms with E-state index in [0.717, 1.165) is 35.9 Å². The second kappa shape index (κ2) is 0.878. The van der Waals surface area contributed by atoms with Crippen LogP contribution in [0.5, 0.6) is 0 Å². The molecule has 0 spiro atoms. The Morgan fingerprint density at radius 3 is 2.00 bits per heavy atom. The van der Waals surface area contributed by atoms with Crippen molar-refractivity contribution in [3.63, 3.8) is 0 Å². The van der Waals surface area contributed by atoms with E-state index >= 15 is 0 Å². The summed E-state index contributed by atoms with van der Waals surface area (Å²) in [4.78, 5) is 0. The zero-order chi connectivity index (χ0) is 5.59. The summed E-state index contributed by atoms with van der Waals surface area (Å²) < 4.78 is 5.69. The molecular weight excluding hydrogens is 112 g/mol. The molecule has 1 aliphatic heterocycles. The van der Waals surface area contributed by atoms with Crippen molar-refractivity contribution < 1.29 is 4.74 Å². The smallest absolute Gasteiger partial charge is 0.0666 e. The van der Waals surface area contributed by atoms with E-state index in [4.69, 9.17) is 4.74 Å². The predicted octanol–water partition coefficient (Wildman–Crippen LogP) is 1.04. The van der Waals surface area contributed by atoms with E-state index in [0.29, 0.717) is 0 Å². The molecule has 0 aromatic carbocycles. The van der Waals surface area contributed by atoms with Gasteiger partial charge in [-0.05, 0) is 30.6 Å². The Bertz CT molecular complexity index is 164. The quantitative estimate of drug-likeness (QED) is 0.466. The van der Waals surface area contributed by atoms with Crippen molar-refractivity contribution in [3.05, 3.63) is 0 Å². The van der Waals surface area contributed by atoms with Gasteiger partial charge in [0.15, 0.2) is 0 Å². The monoisotopic (exact) mass is 122 g/mol. The molecule has 0 aromatic heterocycles. The summed E-state index contributed by atoms with van der Waals surface area (Å²) in [5.41, 5.74) is 0. The molecule has 4 aliphatic carbocycles. The molecule has 0 radical (unpaired) electrons. The van der Waals surface area contributed by atoms with Gasteiger partial charge in [-0.1, -0.05) is 0 Å². The highest BCUT2D eigenvalue weighted by Gasteiger charge is 2.73. The topological polar surface area (TPSA) is 9.23 Å². The molecule has 1 heterocycles. The number of hydrogen-bond donors (Lipinski definition) is 0. The van der Waals surface area contributed by atoms with Crippen molar-refractivity contribution in [1.29, 1.82) is 0 Å². The van der Waals surface area contributed by atoms with Gasteiger partial charge in [-0.2, -0.15) is 0 Å². The third kappa shape index (κ3) is 0.219. The molecule has 5 fully saturated rings. The molecule has 1 saturated heterocycles. The first-order valence-electron chi connectivity index (χ1n) is 4.10. The van der Waals surface area contributed by atoms with Crippen molar-refractivity contribution in [2.24, 2.45) is 23.7 Å². The van der Waals surface area contributed by atoms with Crippen LogP contribution in [0.1, 0.15) is 12.8 Å². The molecule has 6 bridgehead atoms. The van der Waals surface area contributed by atoms with E-state index in [1.54, 1.807) is 0 Å². The van der Waals surface area contributed by atoms with E-state index in [-0.39, 0.29) is 0 Å². The van der Waals surface area contributed by atoms with Gasteiger partial charge in [0.25, 0.3) is 0 Å². The Hall–Kier alpha value is -0.0400. The molecule has 0 amide bonds. The largest absolute Gasteiger partial charge is 0.374 e. The maximum absolute atomic E-state index is 5.69. The Morgan fingerprint density at radius 1 is 1.00 bits per heavy atom. The third-order valence-corrected chi connectivity index (χ3v) is 4.16. The number of hydrogen-bond acceptors (Lipinski definition) is 1. The fourth-order valence-corrected chi connectivity index (χ4v) is 3.98. The van der Waals surface area contributed by atoms with Gasteiger partial charge in [0.1, 0.15) is 0 Å². The summed E-state index contributed by atoms with van der Waals surface area (Å²) in [6, 6.07) is 0. The first-order valence-corrected chi connectivity index (χ1v) is 4.10. The third-order valence-electron chi connectivity index (χ3n) is 4.16. The average Bonchev–Trinajstić information content (AvgIpc) is 2.24. The van der Waals surface area contributed by atoms with E-state index in [1.807, 2.05) is 0 Å². The molecule has 48 valence electrons. The van der Waals surface area contributed by atoms with Crippen LogP contribution in [0, 0.1) is 23.7 Å². The molecule has 1 nitrogen and oxygen atoms in total. The first kappa shape index (κ1) is 3.97. The minimum absolute atomic E-state index is 0.763. The zero-order valence-corrected chi connectivity index (χ0v) is 5.29. The normalized spacial score (nSPS) is 80.0. The zero-order valence-electron chi connectivity index (χ0n) is 5.29. The Balaban J connectivity index is 2.04. The van der Waals surface area contributed by atoms with Crippen LogP contribution in [0.15, 0.2) is 0 Å². The van der Waals surface area contributed by atoms with Gasteiger partial charge in [0, 0.05) is 5.92 Å². The average molecular weight is 122 g/mol. The van der Waals surface area contributed by atoms with Gasteiger partial charge in [0.05, 0.1) is 12.2 Å². The summed E-state index contributed by atoms with van der Waals surface area (Å²) in [6.45, 7) is 0. The van der Waals surface area contributed by atoms with Crippen LogP contribution in [0.3, 0.4) is 0 Å². The lowest BCUT2D eigenvalue weighted by atomic mass is 9.94. The van der Waals surface area contributed by atoms with Crippen LogP contribution in [0.25, 0.3) is 0 Å². The lowest BCUT2D eigenvalue weighted by molar-refractivity contribution is -0.126. The van der Waals surface area contributed by atoms with Crippen molar-refractivity contribution in [1.82, 2.24) is 0 Å². The van der Waals surface area contributed by atoms with Gasteiger partial charge < -0.3 is 4.74 Å². The SMILES string of the molecule is C1C2C[C@H]3[C@H]1[C@H]1O[C@H]3C21. The number of rotatable bonds is 0. The second-order valence-electron chi connectivity index (χ2n) is 4.20. The fraction of sp³-hybridized carbons (Fsp3) is 1.00. The van der Waals surface area contributed by atoms with Gasteiger partial charge in [0.2, 0.25) is 0 Å². The molecule has 9 heavy (non-hydrogen) atoms. The molecule has 5 aliphatic rings. The van der Waals surface area contributed by atoms with Gasteiger partial charge in [-0.25, -0.2) is 0 Å². The number of ether oxygens (including phenoxy) is 1. The molecular formula is C8H10O. The standard InChI is InChI=1S/C8H10O/c1-3-2-5-4(1)7-6(3)8(5)9-7/h3-8H,1-2H2/t3?,4-,5-,6?,7+,8+/m0/s1. The van der Waals surface area contributed by atoms with Crippen molar-refractivity contribution >= 4 is 0 Å². The molecule has 0 unspecified atom stereocenters. The van der Waals surface area contributed by atoms with E-state index in [2.05, 4.69) is 0 Å². The van der Waals surface area contributed by atoms with Gasteiger partial charge in [-0.15, -0.1) is 0 Å². The fourth-order valence-electron chi connectivity index (χ4n) is 3.98. The molecule has 4 saturated carbocycles. The van der Waals surface area contributed by atoms with E-state index in [9.17, 15) is 0 Å². The summed E-state index contributed by atoms with van der Waals surface area (Å²) in [5, 5.41) is 0. The Kier molecular flexibility index (Phi) is 0.387. The maximum Gasteiger partial charge on any atom is 0.0666 e. The lowest BCUT2D eigenvalue weighted by Gasteiger charge is -2.33. The lowest BCUT2D eigenvalue weighted by Crippen LogP contribution is -2.39. The summed E-state index contributed by atoms with van der Waals surface area (Å²) >= 11 is 0. The van der Waals surface area contributed by atoms with Gasteiger partial charge in [-0.3, -0.25) is 0 Å². The summed E-state index contributed by atoms with van der Waals surface area (Å²) in [7, 11) is 0. The van der Waals surface area contributed by atoms with Crippen LogP contribution in [0.2, 0.25) is 0 Å². The van der Waals surface area contributed by atoms with E-state index < -0.39 is 0 Å². The first-order chi connectivity index (χ1) is 4.45. The molecule has 4 atom stereocenters. The van der Waals surface area contributed by atoms with Crippen LogP contribution in [0.4, 0.5) is 0 Å². The maximum atomic E-state index is 5.69. The Morgan fingerprint density at radius 2 is 1.67 bits per heavy atom. The predicted molar refractivity (Wildman–Crippen MR) is 31.9 cm³/mol. The van der Waals surface area contributed by atoms with Gasteiger partial charge >= 0.3 is 0 Å². The minimum atomic E-state index is 0.763. The summed E-state index contributed by atoms with van der Waals surface area (Å²) in [5.74, 6) is 4.23. The van der Waals surface area contributed by atoms with Crippen LogP contribution in [-0.4, -0.2) is 12.2 Å². The molecule has 1 heteroatoms. The highest BCUT2D eigenvalue weighted by atomic mass is 16.5. The molecule has 5 rings (SSSR count). The van der Waals surface area contributed by atoms with Crippen LogP contribution in [-0.2, 0) is 4.74 Å². The Labute approximate surface area is 54.4 Å².